The predicted octanol–water partition coefficient (Wildman–Crippen LogP) is 1.34. The van der Waals surface area contributed by atoms with Crippen LogP contribution in [-0.4, -0.2) is 13.5 Å². The highest BCUT2D eigenvalue weighted by molar-refractivity contribution is 8.18. The van der Waals surface area contributed by atoms with E-state index in [1.165, 1.54) is 17.2 Å². The van der Waals surface area contributed by atoms with Gasteiger partial charge in [0.1, 0.15) is 0 Å². The van der Waals surface area contributed by atoms with E-state index in [4.69, 9.17) is 0 Å². The number of nitrogens with zero attached hydrogens (tertiary/aromatic N) is 1. The molecule has 0 fully saturated rings. The summed E-state index contributed by atoms with van der Waals surface area (Å²) in [6.07, 6.45) is 0. The first-order valence-electron chi connectivity index (χ1n) is 2.67. The first-order valence-corrected chi connectivity index (χ1v) is 4.99. The van der Waals surface area contributed by atoms with Gasteiger partial charge < -0.3 is 0 Å². The average molecular weight is 177 g/mol. The van der Waals surface area contributed by atoms with Crippen molar-refractivity contribution in [1.29, 1.82) is 0 Å². The third-order valence-corrected chi connectivity index (χ3v) is 3.15. The number of hydrogen-bond donors (Lipinski definition) is 0. The first kappa shape index (κ1) is 7.81. The van der Waals surface area contributed by atoms with Crippen LogP contribution in [0.15, 0.2) is 14.7 Å². The monoisotopic (exact) mass is 177 g/mol. The molecule has 0 saturated carbocycles. The lowest BCUT2D eigenvalue weighted by molar-refractivity contribution is 0.606. The zero-order valence-electron chi connectivity index (χ0n) is 5.66. The Morgan fingerprint density at radius 3 is 2.50 bits per heavy atom. The maximum absolute atomic E-state index is 10.8. The summed E-state index contributed by atoms with van der Waals surface area (Å²) in [4.78, 5) is 0.771. The molecule has 0 spiro atoms. The van der Waals surface area contributed by atoms with Crippen LogP contribution in [0.4, 0.5) is 0 Å². The van der Waals surface area contributed by atoms with Crippen molar-refractivity contribution < 1.29 is 8.42 Å². The van der Waals surface area contributed by atoms with E-state index in [0.717, 1.165) is 4.91 Å². The molecule has 0 aromatic heterocycles. The summed E-state index contributed by atoms with van der Waals surface area (Å²) in [5, 5.41) is 1.75. The van der Waals surface area contributed by atoms with Crippen molar-refractivity contribution in [2.75, 3.05) is 0 Å². The highest BCUT2D eigenvalue weighted by Crippen LogP contribution is 2.23. The van der Waals surface area contributed by atoms with Crippen molar-refractivity contribution in [3.8, 4) is 0 Å². The van der Waals surface area contributed by atoms with E-state index in [9.17, 15) is 8.42 Å². The van der Waals surface area contributed by atoms with E-state index in [2.05, 4.69) is 4.40 Å². The molecule has 0 atom stereocenters. The van der Waals surface area contributed by atoms with Crippen molar-refractivity contribution in [3.63, 3.8) is 0 Å². The molecular weight excluding hydrogens is 170 g/mol. The minimum atomic E-state index is -3.28. The van der Waals surface area contributed by atoms with Gasteiger partial charge >= 0.3 is 0 Å². The van der Waals surface area contributed by atoms with Gasteiger partial charge in [-0.25, -0.2) is 0 Å². The van der Waals surface area contributed by atoms with Crippen LogP contribution in [0.2, 0.25) is 0 Å². The molecule has 0 aliphatic carbocycles. The molecule has 3 nitrogen and oxygen atoms in total. The lowest BCUT2D eigenvalue weighted by Crippen LogP contribution is -2.00. The summed E-state index contributed by atoms with van der Waals surface area (Å²) in [6.45, 7) is 3.43. The topological polar surface area (TPSA) is 46.5 Å². The number of rotatable bonds is 0. The Morgan fingerprint density at radius 1 is 1.50 bits per heavy atom. The van der Waals surface area contributed by atoms with Crippen LogP contribution in [0, 0.1) is 0 Å². The van der Waals surface area contributed by atoms with Gasteiger partial charge in [0.05, 0.1) is 10.5 Å². The molecule has 1 aliphatic heterocycles. The van der Waals surface area contributed by atoms with Gasteiger partial charge in [0.25, 0.3) is 10.0 Å². The lowest BCUT2D eigenvalue weighted by Gasteiger charge is -2.04. The van der Waals surface area contributed by atoms with Crippen LogP contribution in [0.5, 0.6) is 0 Å². The second-order valence-electron chi connectivity index (χ2n) is 1.96. The van der Waals surface area contributed by atoms with Crippen LogP contribution in [0.3, 0.4) is 0 Å². The number of sulfonamides is 1. The maximum atomic E-state index is 10.8. The largest absolute Gasteiger partial charge is 0.276 e. The maximum Gasteiger partial charge on any atom is 0.276 e. The van der Waals surface area contributed by atoms with E-state index in [0.29, 0.717) is 5.04 Å². The smallest absolute Gasteiger partial charge is 0.200 e. The summed E-state index contributed by atoms with van der Waals surface area (Å²) in [5.41, 5.74) is 0. The van der Waals surface area contributed by atoms with E-state index in [1.807, 2.05) is 0 Å². The van der Waals surface area contributed by atoms with E-state index < -0.39 is 10.0 Å². The summed E-state index contributed by atoms with van der Waals surface area (Å²) < 4.78 is 25.0. The molecule has 10 heavy (non-hydrogen) atoms. The zero-order valence-corrected chi connectivity index (χ0v) is 7.29. The fourth-order valence-corrected chi connectivity index (χ4v) is 3.01. The van der Waals surface area contributed by atoms with Gasteiger partial charge in [-0.3, -0.25) is 0 Å². The minimum absolute atomic E-state index is 0.583. The third-order valence-electron chi connectivity index (χ3n) is 0.879. The van der Waals surface area contributed by atoms with Crippen molar-refractivity contribution in [2.24, 2.45) is 4.40 Å². The van der Waals surface area contributed by atoms with Crippen LogP contribution in [-0.2, 0) is 10.0 Å². The molecule has 1 aliphatic rings. The fraction of sp³-hybridized carbons (Fsp3) is 0.400. The van der Waals surface area contributed by atoms with Gasteiger partial charge in [-0.15, -0.1) is 0 Å². The first-order chi connectivity index (χ1) is 4.49. The van der Waals surface area contributed by atoms with Crippen LogP contribution < -0.4 is 0 Å². The standard InChI is InChI=1S/C5H7NO2S2/c1-4-3-10(7,8)6-5(2)9-4/h3H,1-2H3. The van der Waals surface area contributed by atoms with Crippen molar-refractivity contribution in [3.05, 3.63) is 10.3 Å². The van der Waals surface area contributed by atoms with E-state index in [1.54, 1.807) is 13.8 Å². The quantitative estimate of drug-likeness (QED) is 0.561. The van der Waals surface area contributed by atoms with Crippen molar-refractivity contribution in [2.45, 2.75) is 13.8 Å². The summed E-state index contributed by atoms with van der Waals surface area (Å²) >= 11 is 1.38. The second-order valence-corrected chi connectivity index (χ2v) is 4.84. The Hall–Kier alpha value is -0.290. The Balaban J connectivity index is 3.12. The van der Waals surface area contributed by atoms with Gasteiger partial charge in [-0.05, 0) is 13.8 Å². The Labute approximate surface area is 64.3 Å². The normalized spacial score (nSPS) is 23.4. The second kappa shape index (κ2) is 2.39. The molecule has 0 N–H and O–H groups in total. The van der Waals surface area contributed by atoms with E-state index in [-0.39, 0.29) is 0 Å². The van der Waals surface area contributed by atoms with Crippen molar-refractivity contribution >= 4 is 26.8 Å². The molecule has 0 aromatic carbocycles. The van der Waals surface area contributed by atoms with Gasteiger partial charge in [0.15, 0.2) is 0 Å². The molecule has 0 radical (unpaired) electrons. The number of thioether (sulfide) groups is 1. The van der Waals surface area contributed by atoms with Crippen LogP contribution in [0.1, 0.15) is 13.8 Å². The summed E-state index contributed by atoms with van der Waals surface area (Å²) in [6, 6.07) is 0. The molecule has 5 heteroatoms. The molecule has 0 unspecified atom stereocenters. The van der Waals surface area contributed by atoms with Gasteiger partial charge in [0, 0.05) is 4.91 Å². The molecule has 1 rings (SSSR count). The zero-order chi connectivity index (χ0) is 7.78. The molecular formula is C5H7NO2S2. The summed E-state index contributed by atoms with van der Waals surface area (Å²) in [5.74, 6) is 0. The highest BCUT2D eigenvalue weighted by atomic mass is 32.2. The molecule has 0 bridgehead atoms. The Morgan fingerprint density at radius 2 is 2.10 bits per heavy atom. The van der Waals surface area contributed by atoms with Gasteiger partial charge in [-0.1, -0.05) is 11.8 Å². The molecule has 0 aromatic rings. The molecule has 56 valence electrons. The van der Waals surface area contributed by atoms with Crippen LogP contribution >= 0.6 is 11.8 Å². The Bertz CT molecular complexity index is 276. The van der Waals surface area contributed by atoms with Gasteiger partial charge in [0.2, 0.25) is 0 Å². The van der Waals surface area contributed by atoms with Gasteiger partial charge in [-0.2, -0.15) is 12.8 Å². The molecule has 0 amide bonds. The lowest BCUT2D eigenvalue weighted by atomic mass is 10.7. The van der Waals surface area contributed by atoms with Crippen LogP contribution in [0.25, 0.3) is 0 Å². The highest BCUT2D eigenvalue weighted by Gasteiger charge is 2.12. The minimum Gasteiger partial charge on any atom is -0.200 e. The third kappa shape index (κ3) is 1.85. The SMILES string of the molecule is CC1=CS(=O)(=O)N=C(C)S1. The van der Waals surface area contributed by atoms with Crippen molar-refractivity contribution in [1.82, 2.24) is 0 Å². The summed E-state index contributed by atoms with van der Waals surface area (Å²) in [7, 11) is -3.28. The molecule has 1 heterocycles. The van der Waals surface area contributed by atoms with E-state index >= 15 is 0 Å². The number of allylic oxidation sites excluding steroid dienone is 1. The number of hydrogen-bond acceptors (Lipinski definition) is 3. The molecule has 0 saturated heterocycles. The fourth-order valence-electron chi connectivity index (χ4n) is 0.691. The predicted molar refractivity (Wildman–Crippen MR) is 43.4 cm³/mol. The average Bonchev–Trinajstić information content (AvgIpc) is 1.54. The Kier molecular flexibility index (Phi) is 1.87.